The second-order valence-electron chi connectivity index (χ2n) is 4.90. The standard InChI is InChI=1S/C14H23N3O4S/c1-5-6-7-8-10-15-14(17-16-10)22-11(13(19)21-4)9(2)12(18)20-3/h9,11H,5-8H2,1-4H3,(H,15,16,17). The number of aryl methyl sites for hydroxylation is 1. The lowest BCUT2D eigenvalue weighted by atomic mass is 10.1. The summed E-state index contributed by atoms with van der Waals surface area (Å²) in [5.41, 5.74) is 0. The van der Waals surface area contributed by atoms with Crippen LogP contribution in [0.1, 0.15) is 38.9 Å². The van der Waals surface area contributed by atoms with Crippen LogP contribution in [0.5, 0.6) is 0 Å². The maximum atomic E-state index is 11.9. The average Bonchev–Trinajstić information content (AvgIpc) is 2.98. The third-order valence-electron chi connectivity index (χ3n) is 3.22. The van der Waals surface area contributed by atoms with Gasteiger partial charge in [-0.25, -0.2) is 4.98 Å². The minimum Gasteiger partial charge on any atom is -0.469 e. The minimum absolute atomic E-state index is 0.428. The molecule has 8 heteroatoms. The van der Waals surface area contributed by atoms with Crippen LogP contribution in [0.3, 0.4) is 0 Å². The number of carbonyl (C=O) groups is 2. The molecule has 0 saturated heterocycles. The van der Waals surface area contributed by atoms with Crippen LogP contribution in [0.25, 0.3) is 0 Å². The van der Waals surface area contributed by atoms with E-state index in [0.29, 0.717) is 5.16 Å². The fourth-order valence-corrected chi connectivity index (χ4v) is 2.87. The van der Waals surface area contributed by atoms with Crippen molar-refractivity contribution in [2.24, 2.45) is 5.92 Å². The molecule has 0 aromatic carbocycles. The Morgan fingerprint density at radius 2 is 1.91 bits per heavy atom. The van der Waals surface area contributed by atoms with Gasteiger partial charge in [-0.1, -0.05) is 38.5 Å². The monoisotopic (exact) mass is 329 g/mol. The fourth-order valence-electron chi connectivity index (χ4n) is 1.88. The molecule has 1 N–H and O–H groups in total. The number of hydrogen-bond donors (Lipinski definition) is 1. The Balaban J connectivity index is 2.73. The van der Waals surface area contributed by atoms with E-state index >= 15 is 0 Å². The Bertz CT molecular complexity index is 492. The van der Waals surface area contributed by atoms with Crippen molar-refractivity contribution in [2.75, 3.05) is 14.2 Å². The molecule has 2 unspecified atom stereocenters. The van der Waals surface area contributed by atoms with E-state index in [1.807, 2.05) is 0 Å². The number of ether oxygens (including phenoxy) is 2. The molecule has 0 spiro atoms. The van der Waals surface area contributed by atoms with Crippen molar-refractivity contribution in [1.29, 1.82) is 0 Å². The molecule has 1 aromatic heterocycles. The Kier molecular flexibility index (Phi) is 7.94. The van der Waals surface area contributed by atoms with Crippen molar-refractivity contribution in [3.05, 3.63) is 5.82 Å². The SMILES string of the molecule is CCCCCc1nc(SC(C(=O)OC)C(C)C(=O)OC)n[nH]1. The topological polar surface area (TPSA) is 94.2 Å². The summed E-state index contributed by atoms with van der Waals surface area (Å²) in [4.78, 5) is 27.9. The van der Waals surface area contributed by atoms with Gasteiger partial charge in [-0.3, -0.25) is 14.7 Å². The molecule has 2 atom stereocenters. The van der Waals surface area contributed by atoms with Gasteiger partial charge in [-0.05, 0) is 6.42 Å². The maximum Gasteiger partial charge on any atom is 0.320 e. The second-order valence-corrected chi connectivity index (χ2v) is 6.00. The molecule has 22 heavy (non-hydrogen) atoms. The fraction of sp³-hybridized carbons (Fsp3) is 0.714. The molecule has 0 aliphatic rings. The Morgan fingerprint density at radius 1 is 1.23 bits per heavy atom. The number of carbonyl (C=O) groups excluding carboxylic acids is 2. The highest BCUT2D eigenvalue weighted by atomic mass is 32.2. The summed E-state index contributed by atoms with van der Waals surface area (Å²) in [5, 5.41) is 6.63. The van der Waals surface area contributed by atoms with Gasteiger partial charge in [0.25, 0.3) is 0 Å². The van der Waals surface area contributed by atoms with Gasteiger partial charge < -0.3 is 9.47 Å². The molecule has 7 nitrogen and oxygen atoms in total. The molecule has 1 aromatic rings. The maximum absolute atomic E-state index is 11.9. The highest BCUT2D eigenvalue weighted by molar-refractivity contribution is 8.00. The van der Waals surface area contributed by atoms with Crippen molar-refractivity contribution in [3.8, 4) is 0 Å². The molecular formula is C14H23N3O4S. The Hall–Kier alpha value is -1.57. The van der Waals surface area contributed by atoms with E-state index in [-0.39, 0.29) is 0 Å². The number of aromatic amines is 1. The van der Waals surface area contributed by atoms with E-state index in [1.54, 1.807) is 6.92 Å². The van der Waals surface area contributed by atoms with Gasteiger partial charge in [0.15, 0.2) is 0 Å². The van der Waals surface area contributed by atoms with Crippen LogP contribution in [-0.2, 0) is 25.5 Å². The number of thioether (sulfide) groups is 1. The van der Waals surface area contributed by atoms with Crippen molar-refractivity contribution in [1.82, 2.24) is 15.2 Å². The summed E-state index contributed by atoms with van der Waals surface area (Å²) in [6, 6.07) is 0. The number of unbranched alkanes of at least 4 members (excludes halogenated alkanes) is 2. The summed E-state index contributed by atoms with van der Waals surface area (Å²) in [7, 11) is 2.57. The first-order valence-corrected chi connectivity index (χ1v) is 8.15. The number of nitrogens with one attached hydrogen (secondary N) is 1. The summed E-state index contributed by atoms with van der Waals surface area (Å²) >= 11 is 1.10. The highest BCUT2D eigenvalue weighted by Gasteiger charge is 2.34. The van der Waals surface area contributed by atoms with Crippen LogP contribution in [0.2, 0.25) is 0 Å². The molecule has 1 heterocycles. The molecule has 0 amide bonds. The molecule has 1 rings (SSSR count). The summed E-state index contributed by atoms with van der Waals surface area (Å²) in [6.45, 7) is 3.76. The van der Waals surface area contributed by atoms with Gasteiger partial charge >= 0.3 is 11.9 Å². The molecule has 0 aliphatic carbocycles. The third-order valence-corrected chi connectivity index (χ3v) is 4.47. The number of hydrogen-bond acceptors (Lipinski definition) is 7. The summed E-state index contributed by atoms with van der Waals surface area (Å²) in [5.74, 6) is -0.836. The average molecular weight is 329 g/mol. The van der Waals surface area contributed by atoms with Crippen LogP contribution < -0.4 is 0 Å². The van der Waals surface area contributed by atoms with E-state index in [9.17, 15) is 9.59 Å². The number of H-pyrrole nitrogens is 1. The van der Waals surface area contributed by atoms with Crippen LogP contribution >= 0.6 is 11.8 Å². The molecular weight excluding hydrogens is 306 g/mol. The zero-order valence-electron chi connectivity index (χ0n) is 13.4. The zero-order valence-corrected chi connectivity index (χ0v) is 14.2. The lowest BCUT2D eigenvalue weighted by molar-refractivity contribution is -0.150. The van der Waals surface area contributed by atoms with E-state index in [1.165, 1.54) is 14.2 Å². The predicted octanol–water partition coefficient (Wildman–Crippen LogP) is 1.98. The van der Waals surface area contributed by atoms with Crippen molar-refractivity contribution in [2.45, 2.75) is 49.9 Å². The van der Waals surface area contributed by atoms with Crippen LogP contribution in [0.15, 0.2) is 5.16 Å². The molecule has 0 aliphatic heterocycles. The van der Waals surface area contributed by atoms with Gasteiger partial charge in [0.1, 0.15) is 11.1 Å². The first-order chi connectivity index (χ1) is 10.5. The summed E-state index contributed by atoms with van der Waals surface area (Å²) in [6.07, 6.45) is 4.12. The van der Waals surface area contributed by atoms with Gasteiger partial charge in [0.2, 0.25) is 5.16 Å². The smallest absolute Gasteiger partial charge is 0.320 e. The number of methoxy groups -OCH3 is 2. The highest BCUT2D eigenvalue weighted by Crippen LogP contribution is 2.27. The number of esters is 2. The molecule has 0 bridgehead atoms. The van der Waals surface area contributed by atoms with Gasteiger partial charge in [0, 0.05) is 6.42 Å². The number of nitrogens with zero attached hydrogens (tertiary/aromatic N) is 2. The molecule has 124 valence electrons. The predicted molar refractivity (Wildman–Crippen MR) is 82.5 cm³/mol. The Labute approximate surface area is 134 Å². The van der Waals surface area contributed by atoms with Gasteiger partial charge in [-0.15, -0.1) is 5.10 Å². The number of aromatic nitrogens is 3. The van der Waals surface area contributed by atoms with Gasteiger partial charge in [-0.2, -0.15) is 0 Å². The molecule has 0 radical (unpaired) electrons. The minimum atomic E-state index is -0.739. The van der Waals surface area contributed by atoms with Crippen molar-refractivity contribution < 1.29 is 19.1 Å². The molecule has 0 fully saturated rings. The van der Waals surface area contributed by atoms with Crippen LogP contribution in [0.4, 0.5) is 0 Å². The van der Waals surface area contributed by atoms with Crippen molar-refractivity contribution in [3.63, 3.8) is 0 Å². The van der Waals surface area contributed by atoms with Crippen LogP contribution in [0, 0.1) is 5.92 Å². The summed E-state index contributed by atoms with van der Waals surface area (Å²) < 4.78 is 9.44. The van der Waals surface area contributed by atoms with E-state index < -0.39 is 23.1 Å². The van der Waals surface area contributed by atoms with E-state index in [4.69, 9.17) is 4.74 Å². The zero-order chi connectivity index (χ0) is 16.5. The molecule has 0 saturated carbocycles. The third kappa shape index (κ3) is 5.32. The Morgan fingerprint density at radius 3 is 2.50 bits per heavy atom. The first kappa shape index (κ1) is 18.5. The largest absolute Gasteiger partial charge is 0.469 e. The quantitative estimate of drug-likeness (QED) is 0.420. The van der Waals surface area contributed by atoms with Crippen LogP contribution in [-0.4, -0.2) is 46.6 Å². The van der Waals surface area contributed by atoms with Crippen molar-refractivity contribution >= 4 is 23.7 Å². The van der Waals surface area contributed by atoms with E-state index in [2.05, 4.69) is 26.8 Å². The van der Waals surface area contributed by atoms with Gasteiger partial charge in [0.05, 0.1) is 20.1 Å². The second kappa shape index (κ2) is 9.45. The first-order valence-electron chi connectivity index (χ1n) is 7.27. The lowest BCUT2D eigenvalue weighted by Gasteiger charge is -2.17. The van der Waals surface area contributed by atoms with E-state index in [0.717, 1.165) is 43.3 Å². The lowest BCUT2D eigenvalue weighted by Crippen LogP contribution is -2.32. The normalized spacial score (nSPS) is 13.5. The number of rotatable bonds is 9.